The molecule has 28 heavy (non-hydrogen) atoms. The molecule has 0 spiro atoms. The fourth-order valence-corrected chi connectivity index (χ4v) is 4.90. The first-order valence-electron chi connectivity index (χ1n) is 10.1. The zero-order valence-electron chi connectivity index (χ0n) is 16.5. The number of aromatic amines is 1. The van der Waals surface area contributed by atoms with Crippen molar-refractivity contribution in [3.05, 3.63) is 59.7 Å². The lowest BCUT2D eigenvalue weighted by Gasteiger charge is -2.31. The maximum Gasteiger partial charge on any atom is 0.253 e. The molecular formula is C23H27N3OS. The number of thioether (sulfide) groups is 1. The van der Waals surface area contributed by atoms with E-state index in [4.69, 9.17) is 0 Å². The van der Waals surface area contributed by atoms with Gasteiger partial charge in [-0.05, 0) is 49.6 Å². The standard InChI is InChI=1S/C23H27N3OS/c1-16(28-23-24-20-10-6-7-11-21(20)25-23)17-12-14-18(15-13-17)22(27)26(2)19-8-4-3-5-9-19/h6-7,10-16,19H,3-5,8-9H2,1-2H3,(H,24,25). The van der Waals surface area contributed by atoms with Gasteiger partial charge in [0, 0.05) is 23.9 Å². The first kappa shape index (κ1) is 19.1. The first-order valence-corrected chi connectivity index (χ1v) is 11.0. The Morgan fingerprint density at radius 1 is 1.11 bits per heavy atom. The molecule has 1 unspecified atom stereocenters. The fourth-order valence-electron chi connectivity index (χ4n) is 3.96. The van der Waals surface area contributed by atoms with Crippen molar-refractivity contribution in [3.8, 4) is 0 Å². The summed E-state index contributed by atoms with van der Waals surface area (Å²) >= 11 is 1.70. The Hall–Kier alpha value is -2.27. The van der Waals surface area contributed by atoms with Gasteiger partial charge in [0.25, 0.3) is 5.91 Å². The van der Waals surface area contributed by atoms with Gasteiger partial charge in [-0.15, -0.1) is 0 Å². The molecule has 4 nitrogen and oxygen atoms in total. The minimum Gasteiger partial charge on any atom is -0.339 e. The van der Waals surface area contributed by atoms with Crippen LogP contribution in [0.1, 0.15) is 60.2 Å². The van der Waals surface area contributed by atoms with E-state index < -0.39 is 0 Å². The van der Waals surface area contributed by atoms with E-state index in [1.54, 1.807) is 11.8 Å². The van der Waals surface area contributed by atoms with Crippen LogP contribution in [0.15, 0.2) is 53.7 Å². The Morgan fingerprint density at radius 2 is 1.82 bits per heavy atom. The predicted octanol–water partition coefficient (Wildman–Crippen LogP) is 5.82. The van der Waals surface area contributed by atoms with E-state index in [2.05, 4.69) is 29.0 Å². The number of hydrogen-bond acceptors (Lipinski definition) is 3. The molecule has 2 aromatic carbocycles. The van der Waals surface area contributed by atoms with E-state index >= 15 is 0 Å². The van der Waals surface area contributed by atoms with Crippen molar-refractivity contribution in [3.63, 3.8) is 0 Å². The first-order chi connectivity index (χ1) is 13.6. The Morgan fingerprint density at radius 3 is 2.54 bits per heavy atom. The maximum absolute atomic E-state index is 12.8. The van der Waals surface area contributed by atoms with Crippen molar-refractivity contribution >= 4 is 28.7 Å². The summed E-state index contributed by atoms with van der Waals surface area (Å²) in [6, 6.07) is 16.5. The molecule has 1 aromatic heterocycles. The second-order valence-corrected chi connectivity index (χ2v) is 8.98. The molecule has 1 fully saturated rings. The SMILES string of the molecule is CC(Sc1nc2ccccc2[nH]1)c1ccc(C(=O)N(C)C2CCCCC2)cc1. The van der Waals surface area contributed by atoms with Gasteiger partial charge in [0.15, 0.2) is 5.16 Å². The highest BCUT2D eigenvalue weighted by Crippen LogP contribution is 2.34. The van der Waals surface area contributed by atoms with Crippen LogP contribution in [0.2, 0.25) is 0 Å². The third kappa shape index (κ3) is 4.09. The quantitative estimate of drug-likeness (QED) is 0.556. The number of amides is 1. The second kappa shape index (κ2) is 8.39. The lowest BCUT2D eigenvalue weighted by atomic mass is 9.94. The van der Waals surface area contributed by atoms with Crippen LogP contribution in [0.4, 0.5) is 0 Å². The lowest BCUT2D eigenvalue weighted by Crippen LogP contribution is -2.38. The molecule has 0 saturated heterocycles. The Balaban J connectivity index is 1.42. The number of fused-ring (bicyclic) bond motifs is 1. The topological polar surface area (TPSA) is 49.0 Å². The van der Waals surface area contributed by atoms with E-state index in [0.717, 1.165) is 34.6 Å². The number of rotatable bonds is 5. The molecule has 1 aliphatic carbocycles. The normalized spacial score (nSPS) is 16.2. The minimum atomic E-state index is 0.135. The van der Waals surface area contributed by atoms with Crippen LogP contribution >= 0.6 is 11.8 Å². The summed E-state index contributed by atoms with van der Waals surface area (Å²) in [5, 5.41) is 1.17. The largest absolute Gasteiger partial charge is 0.339 e. The van der Waals surface area contributed by atoms with Crippen LogP contribution in [-0.2, 0) is 0 Å². The van der Waals surface area contributed by atoms with E-state index in [1.807, 2.05) is 48.3 Å². The van der Waals surface area contributed by atoms with Gasteiger partial charge in [-0.2, -0.15) is 0 Å². The Bertz CT molecular complexity index is 911. The van der Waals surface area contributed by atoms with Crippen LogP contribution in [0.25, 0.3) is 11.0 Å². The number of H-pyrrole nitrogens is 1. The number of imidazole rings is 1. The number of nitrogens with one attached hydrogen (secondary N) is 1. The molecule has 1 heterocycles. The van der Waals surface area contributed by atoms with Crippen molar-refractivity contribution < 1.29 is 4.79 Å². The molecule has 0 radical (unpaired) electrons. The predicted molar refractivity (Wildman–Crippen MR) is 116 cm³/mol. The molecule has 1 amide bonds. The molecule has 4 rings (SSSR count). The van der Waals surface area contributed by atoms with Gasteiger partial charge >= 0.3 is 0 Å². The van der Waals surface area contributed by atoms with Crippen molar-refractivity contribution in [2.75, 3.05) is 7.05 Å². The van der Waals surface area contributed by atoms with Gasteiger partial charge in [-0.25, -0.2) is 4.98 Å². The molecular weight excluding hydrogens is 366 g/mol. The fraction of sp³-hybridized carbons (Fsp3) is 0.391. The summed E-state index contributed by atoms with van der Waals surface area (Å²) in [7, 11) is 1.95. The van der Waals surface area contributed by atoms with Crippen LogP contribution in [0, 0.1) is 0 Å². The van der Waals surface area contributed by atoms with Crippen molar-refractivity contribution in [1.82, 2.24) is 14.9 Å². The number of carbonyl (C=O) groups is 1. The van der Waals surface area contributed by atoms with Crippen molar-refractivity contribution in [1.29, 1.82) is 0 Å². The molecule has 1 saturated carbocycles. The number of hydrogen-bond donors (Lipinski definition) is 1. The molecule has 146 valence electrons. The molecule has 1 atom stereocenters. The number of benzene rings is 2. The summed E-state index contributed by atoms with van der Waals surface area (Å²) < 4.78 is 0. The average Bonchev–Trinajstić information content (AvgIpc) is 3.15. The summed E-state index contributed by atoms with van der Waals surface area (Å²) in [4.78, 5) is 22.8. The monoisotopic (exact) mass is 393 g/mol. The molecule has 0 aliphatic heterocycles. The minimum absolute atomic E-state index is 0.135. The lowest BCUT2D eigenvalue weighted by molar-refractivity contribution is 0.0696. The number of para-hydroxylation sites is 2. The van der Waals surface area contributed by atoms with Crippen LogP contribution in [0.3, 0.4) is 0 Å². The third-order valence-electron chi connectivity index (χ3n) is 5.73. The van der Waals surface area contributed by atoms with Crippen LogP contribution in [-0.4, -0.2) is 33.9 Å². The van der Waals surface area contributed by atoms with Gasteiger partial charge in [-0.3, -0.25) is 4.79 Å². The zero-order chi connectivity index (χ0) is 19.5. The van der Waals surface area contributed by atoms with Crippen molar-refractivity contribution in [2.45, 2.75) is 55.5 Å². The maximum atomic E-state index is 12.8. The van der Waals surface area contributed by atoms with E-state index in [9.17, 15) is 4.79 Å². The van der Waals surface area contributed by atoms with E-state index in [0.29, 0.717) is 6.04 Å². The summed E-state index contributed by atoms with van der Waals surface area (Å²) in [6.45, 7) is 2.17. The summed E-state index contributed by atoms with van der Waals surface area (Å²) in [5.41, 5.74) is 4.02. The zero-order valence-corrected chi connectivity index (χ0v) is 17.3. The second-order valence-electron chi connectivity index (χ2n) is 7.65. The van der Waals surface area contributed by atoms with Crippen molar-refractivity contribution in [2.24, 2.45) is 0 Å². The average molecular weight is 394 g/mol. The molecule has 5 heteroatoms. The molecule has 1 aliphatic rings. The van der Waals surface area contributed by atoms with Crippen LogP contribution < -0.4 is 0 Å². The third-order valence-corrected chi connectivity index (χ3v) is 6.77. The number of aromatic nitrogens is 2. The van der Waals surface area contributed by atoms with Crippen LogP contribution in [0.5, 0.6) is 0 Å². The highest BCUT2D eigenvalue weighted by atomic mass is 32.2. The van der Waals surface area contributed by atoms with E-state index in [1.165, 1.54) is 24.8 Å². The van der Waals surface area contributed by atoms with Gasteiger partial charge in [-0.1, -0.05) is 55.3 Å². The smallest absolute Gasteiger partial charge is 0.253 e. The van der Waals surface area contributed by atoms with E-state index in [-0.39, 0.29) is 11.2 Å². The van der Waals surface area contributed by atoms with Gasteiger partial charge in [0.2, 0.25) is 0 Å². The summed E-state index contributed by atoms with van der Waals surface area (Å²) in [5.74, 6) is 0.135. The van der Waals surface area contributed by atoms with Gasteiger partial charge in [0.05, 0.1) is 11.0 Å². The Labute approximate surface area is 170 Å². The van der Waals surface area contributed by atoms with Gasteiger partial charge in [0.1, 0.15) is 0 Å². The molecule has 1 N–H and O–H groups in total. The Kier molecular flexibility index (Phi) is 5.72. The molecule has 0 bridgehead atoms. The highest BCUT2D eigenvalue weighted by molar-refractivity contribution is 7.99. The molecule has 3 aromatic rings. The highest BCUT2D eigenvalue weighted by Gasteiger charge is 2.23. The summed E-state index contributed by atoms with van der Waals surface area (Å²) in [6.07, 6.45) is 6.03. The number of nitrogens with zero attached hydrogens (tertiary/aromatic N) is 2. The van der Waals surface area contributed by atoms with Gasteiger partial charge < -0.3 is 9.88 Å². The number of carbonyl (C=O) groups excluding carboxylic acids is 1.